The molecule has 0 atom stereocenters. The summed E-state index contributed by atoms with van der Waals surface area (Å²) in [5, 5.41) is 3.06. The molecule has 3 aromatic carbocycles. The van der Waals surface area contributed by atoms with E-state index in [4.69, 9.17) is 0 Å². The summed E-state index contributed by atoms with van der Waals surface area (Å²) in [7, 11) is 1.83. The molecule has 27 heavy (non-hydrogen) atoms. The predicted molar refractivity (Wildman–Crippen MR) is 111 cm³/mol. The zero-order valence-corrected chi connectivity index (χ0v) is 15.7. The molecule has 0 aromatic heterocycles. The van der Waals surface area contributed by atoms with Gasteiger partial charge in [0, 0.05) is 26.1 Å². The van der Waals surface area contributed by atoms with Crippen molar-refractivity contribution in [1.29, 1.82) is 0 Å². The van der Waals surface area contributed by atoms with Gasteiger partial charge in [-0.3, -0.25) is 0 Å². The maximum absolute atomic E-state index is 12.4. The van der Waals surface area contributed by atoms with Gasteiger partial charge in [0.15, 0.2) is 0 Å². The minimum Gasteiger partial charge on any atom is -0.338 e. The van der Waals surface area contributed by atoms with E-state index >= 15 is 0 Å². The van der Waals surface area contributed by atoms with E-state index in [1.165, 1.54) is 11.1 Å². The maximum atomic E-state index is 12.4. The molecule has 0 aliphatic carbocycles. The smallest absolute Gasteiger partial charge is 0.317 e. The van der Waals surface area contributed by atoms with E-state index < -0.39 is 0 Å². The Labute approximate surface area is 161 Å². The van der Waals surface area contributed by atoms with Gasteiger partial charge in [0.2, 0.25) is 0 Å². The van der Waals surface area contributed by atoms with Crippen molar-refractivity contribution in [2.75, 3.05) is 13.6 Å². The van der Waals surface area contributed by atoms with Gasteiger partial charge in [0.05, 0.1) is 0 Å². The summed E-state index contributed by atoms with van der Waals surface area (Å²) >= 11 is 0. The van der Waals surface area contributed by atoms with Crippen LogP contribution in [0, 0.1) is 0 Å². The fraction of sp³-hybridized carbons (Fsp3) is 0.208. The fourth-order valence-electron chi connectivity index (χ4n) is 3.28. The van der Waals surface area contributed by atoms with Gasteiger partial charge >= 0.3 is 6.03 Å². The summed E-state index contributed by atoms with van der Waals surface area (Å²) in [6.45, 7) is 1.24. The van der Waals surface area contributed by atoms with E-state index in [1.54, 1.807) is 4.90 Å². The number of hydrogen-bond acceptors (Lipinski definition) is 1. The van der Waals surface area contributed by atoms with Gasteiger partial charge in [-0.05, 0) is 23.1 Å². The molecule has 3 nitrogen and oxygen atoms in total. The second kappa shape index (κ2) is 9.58. The van der Waals surface area contributed by atoms with Crippen molar-refractivity contribution in [2.24, 2.45) is 0 Å². The quantitative estimate of drug-likeness (QED) is 0.630. The van der Waals surface area contributed by atoms with Crippen molar-refractivity contribution >= 4 is 6.03 Å². The molecule has 3 aromatic rings. The van der Waals surface area contributed by atoms with Gasteiger partial charge in [-0.25, -0.2) is 4.79 Å². The molecule has 0 heterocycles. The summed E-state index contributed by atoms with van der Waals surface area (Å²) in [6, 6.07) is 30.9. The molecule has 0 unspecified atom stereocenters. The highest BCUT2D eigenvalue weighted by Crippen LogP contribution is 2.27. The number of amides is 2. The Morgan fingerprint density at radius 3 is 1.81 bits per heavy atom. The molecule has 0 aliphatic heterocycles. The van der Waals surface area contributed by atoms with E-state index in [0.717, 1.165) is 12.0 Å². The number of urea groups is 1. The van der Waals surface area contributed by atoms with Crippen LogP contribution in [0.5, 0.6) is 0 Å². The highest BCUT2D eigenvalue weighted by Gasteiger charge is 2.15. The number of hydrogen-bond donors (Lipinski definition) is 1. The molecule has 1 N–H and O–H groups in total. The largest absolute Gasteiger partial charge is 0.338 e. The average molecular weight is 358 g/mol. The molecule has 0 aliphatic rings. The Hall–Kier alpha value is -3.07. The SMILES string of the molecule is CN(Cc1ccccc1)C(=O)NCCC(c1ccccc1)c1ccccc1. The minimum absolute atomic E-state index is 0.0428. The van der Waals surface area contributed by atoms with Crippen LogP contribution in [0.4, 0.5) is 4.79 Å². The molecule has 3 rings (SSSR count). The predicted octanol–water partition coefficient (Wildman–Crippen LogP) is 5.05. The van der Waals surface area contributed by atoms with Crippen LogP contribution in [0.25, 0.3) is 0 Å². The molecule has 0 radical (unpaired) electrons. The van der Waals surface area contributed by atoms with Gasteiger partial charge in [-0.2, -0.15) is 0 Å². The monoisotopic (exact) mass is 358 g/mol. The molecular weight excluding hydrogens is 332 g/mol. The second-order valence-electron chi connectivity index (χ2n) is 6.74. The van der Waals surface area contributed by atoms with Crippen LogP contribution in [0.1, 0.15) is 29.0 Å². The Morgan fingerprint density at radius 2 is 1.30 bits per heavy atom. The van der Waals surface area contributed by atoms with Crippen LogP contribution in [0.15, 0.2) is 91.0 Å². The first kappa shape index (κ1) is 18.7. The molecular formula is C24H26N2O. The molecule has 138 valence electrons. The zero-order valence-electron chi connectivity index (χ0n) is 15.7. The van der Waals surface area contributed by atoms with Crippen LogP contribution in [-0.2, 0) is 6.54 Å². The lowest BCUT2D eigenvalue weighted by molar-refractivity contribution is 0.206. The molecule has 0 spiro atoms. The third kappa shape index (κ3) is 5.45. The molecule has 0 saturated heterocycles. The maximum Gasteiger partial charge on any atom is 0.317 e. The third-order valence-electron chi connectivity index (χ3n) is 4.72. The molecule has 0 bridgehead atoms. The molecule has 0 fully saturated rings. The highest BCUT2D eigenvalue weighted by atomic mass is 16.2. The van der Waals surface area contributed by atoms with Crippen molar-refractivity contribution in [3.05, 3.63) is 108 Å². The normalized spacial score (nSPS) is 10.6. The summed E-state index contributed by atoms with van der Waals surface area (Å²) in [6.07, 6.45) is 0.860. The van der Waals surface area contributed by atoms with Crippen LogP contribution in [0.2, 0.25) is 0 Å². The van der Waals surface area contributed by atoms with Crippen LogP contribution < -0.4 is 5.32 Å². The summed E-state index contributed by atoms with van der Waals surface area (Å²) in [5.74, 6) is 0.270. The second-order valence-corrected chi connectivity index (χ2v) is 6.74. The van der Waals surface area contributed by atoms with E-state index in [9.17, 15) is 4.79 Å². The average Bonchev–Trinajstić information content (AvgIpc) is 2.73. The van der Waals surface area contributed by atoms with Crippen molar-refractivity contribution in [3.8, 4) is 0 Å². The van der Waals surface area contributed by atoms with Crippen LogP contribution in [-0.4, -0.2) is 24.5 Å². The van der Waals surface area contributed by atoms with E-state index in [1.807, 2.05) is 49.5 Å². The van der Waals surface area contributed by atoms with Crippen LogP contribution in [0.3, 0.4) is 0 Å². The van der Waals surface area contributed by atoms with Gasteiger partial charge in [0.25, 0.3) is 0 Å². The van der Waals surface area contributed by atoms with Gasteiger partial charge in [0.1, 0.15) is 0 Å². The lowest BCUT2D eigenvalue weighted by Crippen LogP contribution is -2.37. The topological polar surface area (TPSA) is 32.3 Å². The summed E-state index contributed by atoms with van der Waals surface area (Å²) in [4.78, 5) is 14.1. The number of carbonyl (C=O) groups excluding carboxylic acids is 1. The van der Waals surface area contributed by atoms with E-state index in [0.29, 0.717) is 13.1 Å². The Morgan fingerprint density at radius 1 is 0.815 bits per heavy atom. The fourth-order valence-corrected chi connectivity index (χ4v) is 3.28. The highest BCUT2D eigenvalue weighted by molar-refractivity contribution is 5.73. The van der Waals surface area contributed by atoms with Gasteiger partial charge in [-0.15, -0.1) is 0 Å². The van der Waals surface area contributed by atoms with E-state index in [-0.39, 0.29) is 11.9 Å². The first-order chi connectivity index (χ1) is 13.2. The first-order valence-electron chi connectivity index (χ1n) is 9.37. The van der Waals surface area contributed by atoms with Gasteiger partial charge < -0.3 is 10.2 Å². The zero-order chi connectivity index (χ0) is 18.9. The first-order valence-corrected chi connectivity index (χ1v) is 9.37. The Bertz CT molecular complexity index is 779. The molecule has 3 heteroatoms. The lowest BCUT2D eigenvalue weighted by Gasteiger charge is -2.21. The number of benzene rings is 3. The third-order valence-corrected chi connectivity index (χ3v) is 4.72. The summed E-state index contributed by atoms with van der Waals surface area (Å²) in [5.41, 5.74) is 3.67. The Balaban J connectivity index is 1.58. The standard InChI is InChI=1S/C24H26N2O/c1-26(19-20-11-5-2-6-12-20)24(27)25-18-17-23(21-13-7-3-8-14-21)22-15-9-4-10-16-22/h2-16,23H,17-19H2,1H3,(H,25,27). The van der Waals surface area contributed by atoms with E-state index in [2.05, 4.69) is 53.8 Å². The number of carbonyl (C=O) groups is 1. The van der Waals surface area contributed by atoms with Crippen molar-refractivity contribution in [2.45, 2.75) is 18.9 Å². The molecule has 0 saturated carbocycles. The van der Waals surface area contributed by atoms with Crippen molar-refractivity contribution in [1.82, 2.24) is 10.2 Å². The van der Waals surface area contributed by atoms with Crippen LogP contribution >= 0.6 is 0 Å². The van der Waals surface area contributed by atoms with Crippen molar-refractivity contribution < 1.29 is 4.79 Å². The lowest BCUT2D eigenvalue weighted by atomic mass is 9.88. The number of nitrogens with one attached hydrogen (secondary N) is 1. The number of rotatable bonds is 7. The van der Waals surface area contributed by atoms with Crippen molar-refractivity contribution in [3.63, 3.8) is 0 Å². The number of nitrogens with zero attached hydrogens (tertiary/aromatic N) is 1. The Kier molecular flexibility index (Phi) is 6.64. The van der Waals surface area contributed by atoms with Gasteiger partial charge in [-0.1, -0.05) is 91.0 Å². The minimum atomic E-state index is -0.0428. The summed E-state index contributed by atoms with van der Waals surface area (Å²) < 4.78 is 0. The molecule has 2 amide bonds.